The van der Waals surface area contributed by atoms with Gasteiger partial charge in [0.1, 0.15) is 13.2 Å². The van der Waals surface area contributed by atoms with Crippen molar-refractivity contribution in [2.45, 2.75) is 279 Å². The average molecular weight is 807 g/mol. The maximum atomic E-state index is 12.8. The minimum atomic E-state index is -0.762. The lowest BCUT2D eigenvalue weighted by Gasteiger charge is -2.18. The molecule has 1 atom stereocenters. The zero-order chi connectivity index (χ0) is 42.0. The van der Waals surface area contributed by atoms with Crippen LogP contribution >= 0.6 is 0 Å². The molecule has 0 aromatic rings. The fraction of sp³-hybridized carbons (Fsp3) is 0.941. The Labute approximate surface area is 355 Å². The first-order valence-electron chi connectivity index (χ1n) is 25.1. The van der Waals surface area contributed by atoms with Crippen LogP contribution in [0.5, 0.6) is 0 Å². The molecule has 0 bridgehead atoms. The van der Waals surface area contributed by atoms with Gasteiger partial charge in [-0.3, -0.25) is 14.4 Å². The van der Waals surface area contributed by atoms with Crippen molar-refractivity contribution in [3.63, 3.8) is 0 Å². The summed E-state index contributed by atoms with van der Waals surface area (Å²) in [6.45, 7) is 13.6. The van der Waals surface area contributed by atoms with Crippen molar-refractivity contribution in [2.75, 3.05) is 13.2 Å². The molecular weight excluding hydrogens is 709 g/mol. The quantitative estimate of drug-likeness (QED) is 0.0347. The van der Waals surface area contributed by atoms with E-state index in [1.807, 2.05) is 0 Å². The van der Waals surface area contributed by atoms with E-state index < -0.39 is 6.10 Å². The van der Waals surface area contributed by atoms with E-state index in [1.165, 1.54) is 154 Å². The summed E-state index contributed by atoms with van der Waals surface area (Å²) in [5.74, 6) is 1.56. The number of unbranched alkanes of at least 4 members (excludes halogenated alkanes) is 27. The lowest BCUT2D eigenvalue weighted by Crippen LogP contribution is -2.30. The Balaban J connectivity index is 4.26. The molecule has 0 saturated heterocycles. The van der Waals surface area contributed by atoms with Crippen molar-refractivity contribution in [2.24, 2.45) is 17.8 Å². The molecule has 0 aromatic heterocycles. The van der Waals surface area contributed by atoms with E-state index in [9.17, 15) is 14.4 Å². The van der Waals surface area contributed by atoms with Gasteiger partial charge in [-0.1, -0.05) is 234 Å². The summed E-state index contributed by atoms with van der Waals surface area (Å²) in [6.07, 6.45) is 41.1. The fourth-order valence-corrected chi connectivity index (χ4v) is 7.59. The number of hydrogen-bond acceptors (Lipinski definition) is 6. The van der Waals surface area contributed by atoms with Gasteiger partial charge in [-0.15, -0.1) is 0 Å². The summed E-state index contributed by atoms with van der Waals surface area (Å²) in [7, 11) is 0. The van der Waals surface area contributed by atoms with Gasteiger partial charge in [-0.25, -0.2) is 0 Å². The zero-order valence-corrected chi connectivity index (χ0v) is 39.1. The van der Waals surface area contributed by atoms with Crippen molar-refractivity contribution in [1.29, 1.82) is 0 Å². The number of ether oxygens (including phenoxy) is 3. The van der Waals surface area contributed by atoms with Gasteiger partial charge in [0.25, 0.3) is 0 Å². The van der Waals surface area contributed by atoms with Crippen LogP contribution in [0.4, 0.5) is 0 Å². The highest BCUT2D eigenvalue weighted by Gasteiger charge is 2.19. The fourth-order valence-electron chi connectivity index (χ4n) is 7.59. The van der Waals surface area contributed by atoms with Crippen LogP contribution < -0.4 is 0 Å². The molecule has 0 aromatic carbocycles. The molecule has 6 nitrogen and oxygen atoms in total. The summed E-state index contributed by atoms with van der Waals surface area (Å²) in [5, 5.41) is 0. The topological polar surface area (TPSA) is 78.9 Å². The molecule has 0 N–H and O–H groups in total. The number of hydrogen-bond donors (Lipinski definition) is 0. The van der Waals surface area contributed by atoms with E-state index in [-0.39, 0.29) is 31.1 Å². The second-order valence-corrected chi connectivity index (χ2v) is 18.9. The second-order valence-electron chi connectivity index (χ2n) is 18.9. The predicted molar refractivity (Wildman–Crippen MR) is 243 cm³/mol. The molecule has 0 spiro atoms. The Hall–Kier alpha value is -1.59. The van der Waals surface area contributed by atoms with Gasteiger partial charge >= 0.3 is 17.9 Å². The third kappa shape index (κ3) is 45.3. The molecule has 0 unspecified atom stereocenters. The first-order valence-corrected chi connectivity index (χ1v) is 25.1. The molecule has 0 radical (unpaired) electrons. The Morgan fingerprint density at radius 1 is 0.298 bits per heavy atom. The summed E-state index contributed by atoms with van der Waals surface area (Å²) >= 11 is 0. The standard InChI is InChI=1S/C51H98O6/c1-45(2)37-31-25-19-15-12-10-8-7-9-11-13-17-22-30-36-42-51(54)57-48(44-56-50(53)41-35-29-24-23-27-33-39-47(5)6)43-55-49(52)40-34-28-21-18-14-16-20-26-32-38-46(3)4/h45-48H,7-44H2,1-6H3/t48-/m1/s1. The molecule has 0 saturated carbocycles. The number of carbonyl (C=O) groups is 3. The van der Waals surface area contributed by atoms with Crippen molar-refractivity contribution < 1.29 is 28.6 Å². The van der Waals surface area contributed by atoms with E-state index in [4.69, 9.17) is 14.2 Å². The van der Waals surface area contributed by atoms with Gasteiger partial charge in [0.2, 0.25) is 0 Å². The summed E-state index contributed by atoms with van der Waals surface area (Å²) in [4.78, 5) is 37.8. The van der Waals surface area contributed by atoms with E-state index in [0.29, 0.717) is 19.3 Å². The minimum Gasteiger partial charge on any atom is -0.462 e. The van der Waals surface area contributed by atoms with Gasteiger partial charge in [-0.05, 0) is 37.0 Å². The minimum absolute atomic E-state index is 0.0660. The molecule has 57 heavy (non-hydrogen) atoms. The molecule has 0 aliphatic rings. The van der Waals surface area contributed by atoms with Gasteiger partial charge in [-0.2, -0.15) is 0 Å². The number of esters is 3. The Morgan fingerprint density at radius 3 is 0.754 bits per heavy atom. The van der Waals surface area contributed by atoms with Crippen LogP contribution in [-0.2, 0) is 28.6 Å². The smallest absolute Gasteiger partial charge is 0.306 e. The molecule has 338 valence electrons. The molecule has 0 rings (SSSR count). The predicted octanol–water partition coefficient (Wildman–Crippen LogP) is 16.0. The summed E-state index contributed by atoms with van der Waals surface area (Å²) < 4.78 is 16.8. The lowest BCUT2D eigenvalue weighted by molar-refractivity contribution is -0.167. The highest BCUT2D eigenvalue weighted by Crippen LogP contribution is 2.17. The summed E-state index contributed by atoms with van der Waals surface area (Å²) in [6, 6.07) is 0. The van der Waals surface area contributed by atoms with Crippen LogP contribution in [0.25, 0.3) is 0 Å². The Kier molecular flexibility index (Phi) is 41.3. The van der Waals surface area contributed by atoms with Gasteiger partial charge < -0.3 is 14.2 Å². The van der Waals surface area contributed by atoms with Crippen molar-refractivity contribution in [1.82, 2.24) is 0 Å². The monoisotopic (exact) mass is 807 g/mol. The van der Waals surface area contributed by atoms with Crippen molar-refractivity contribution in [3.8, 4) is 0 Å². The highest BCUT2D eigenvalue weighted by molar-refractivity contribution is 5.71. The highest BCUT2D eigenvalue weighted by atomic mass is 16.6. The first kappa shape index (κ1) is 55.4. The third-order valence-electron chi connectivity index (χ3n) is 11.4. The third-order valence-corrected chi connectivity index (χ3v) is 11.4. The molecule has 6 heteroatoms. The maximum absolute atomic E-state index is 12.8. The van der Waals surface area contributed by atoms with E-state index in [0.717, 1.165) is 75.5 Å². The summed E-state index contributed by atoms with van der Waals surface area (Å²) in [5.41, 5.74) is 0. The van der Waals surface area contributed by atoms with Crippen LogP contribution in [0.3, 0.4) is 0 Å². The molecule has 0 fully saturated rings. The van der Waals surface area contributed by atoms with Crippen LogP contribution in [-0.4, -0.2) is 37.2 Å². The van der Waals surface area contributed by atoms with Crippen LogP contribution in [0.2, 0.25) is 0 Å². The van der Waals surface area contributed by atoms with Gasteiger partial charge in [0.05, 0.1) is 0 Å². The Morgan fingerprint density at radius 2 is 0.509 bits per heavy atom. The molecule has 0 amide bonds. The van der Waals surface area contributed by atoms with Gasteiger partial charge in [0.15, 0.2) is 6.10 Å². The van der Waals surface area contributed by atoms with Crippen molar-refractivity contribution >= 4 is 17.9 Å². The maximum Gasteiger partial charge on any atom is 0.306 e. The molecular formula is C51H98O6. The van der Waals surface area contributed by atoms with Crippen LogP contribution in [0.1, 0.15) is 273 Å². The van der Waals surface area contributed by atoms with Crippen molar-refractivity contribution in [3.05, 3.63) is 0 Å². The van der Waals surface area contributed by atoms with Crippen LogP contribution in [0, 0.1) is 17.8 Å². The SMILES string of the molecule is CC(C)CCCCCCCCCCCCCCCCCC(=O)O[C@H](COC(=O)CCCCCCCCCCCC(C)C)COC(=O)CCCCCCCCC(C)C. The second kappa shape index (κ2) is 42.5. The Bertz CT molecular complexity index is 883. The average Bonchev–Trinajstić information content (AvgIpc) is 3.16. The molecule has 0 aliphatic carbocycles. The normalized spacial score (nSPS) is 12.2. The van der Waals surface area contributed by atoms with Crippen LogP contribution in [0.15, 0.2) is 0 Å². The number of rotatable bonds is 44. The zero-order valence-electron chi connectivity index (χ0n) is 39.1. The molecule has 0 aliphatic heterocycles. The largest absolute Gasteiger partial charge is 0.462 e. The first-order chi connectivity index (χ1) is 27.6. The van der Waals surface area contributed by atoms with Gasteiger partial charge in [0, 0.05) is 19.3 Å². The van der Waals surface area contributed by atoms with E-state index in [1.54, 1.807) is 0 Å². The number of carbonyl (C=O) groups excluding carboxylic acids is 3. The molecule has 0 heterocycles. The lowest BCUT2D eigenvalue weighted by atomic mass is 10.0. The van der Waals surface area contributed by atoms with E-state index in [2.05, 4.69) is 41.5 Å². The van der Waals surface area contributed by atoms with E-state index >= 15 is 0 Å².